The highest BCUT2D eigenvalue weighted by molar-refractivity contribution is 6.11. The Balaban J connectivity index is 2.02. The lowest BCUT2D eigenvalue weighted by Gasteiger charge is -2.12. The number of hydrogen-bond acceptors (Lipinski definition) is 4. The maximum atomic E-state index is 13.0. The number of unbranched alkanes of at least 4 members (excludes halogenated alkanes) is 1. The molecular formula is C22H22O4. The zero-order valence-electron chi connectivity index (χ0n) is 15.0. The van der Waals surface area contributed by atoms with Gasteiger partial charge in [-0.1, -0.05) is 61.9 Å². The Labute approximate surface area is 152 Å². The van der Waals surface area contributed by atoms with E-state index in [-0.39, 0.29) is 17.5 Å². The summed E-state index contributed by atoms with van der Waals surface area (Å²) in [5.74, 6) is -0.951. The predicted molar refractivity (Wildman–Crippen MR) is 100 cm³/mol. The van der Waals surface area contributed by atoms with Gasteiger partial charge in [-0.05, 0) is 19.4 Å². The van der Waals surface area contributed by atoms with Gasteiger partial charge in [0.1, 0.15) is 5.58 Å². The van der Waals surface area contributed by atoms with Crippen LogP contribution in [0, 0.1) is 0 Å². The number of esters is 1. The lowest BCUT2D eigenvalue weighted by molar-refractivity contribution is -0.145. The molecule has 0 spiro atoms. The van der Waals surface area contributed by atoms with E-state index in [0.717, 1.165) is 18.2 Å². The fraction of sp³-hybridized carbons (Fsp3) is 0.273. The van der Waals surface area contributed by atoms with Crippen LogP contribution >= 0.6 is 0 Å². The van der Waals surface area contributed by atoms with Crippen molar-refractivity contribution < 1.29 is 18.7 Å². The van der Waals surface area contributed by atoms with Crippen molar-refractivity contribution in [2.75, 3.05) is 6.61 Å². The van der Waals surface area contributed by atoms with Crippen molar-refractivity contribution in [3.8, 4) is 0 Å². The maximum absolute atomic E-state index is 13.0. The summed E-state index contributed by atoms with van der Waals surface area (Å²) in [5.41, 5.74) is 1.71. The van der Waals surface area contributed by atoms with E-state index in [2.05, 4.69) is 0 Å². The van der Waals surface area contributed by atoms with Gasteiger partial charge in [0, 0.05) is 16.5 Å². The number of furan rings is 1. The number of carbonyl (C=O) groups excluding carboxylic acids is 2. The third-order valence-electron chi connectivity index (χ3n) is 4.40. The van der Waals surface area contributed by atoms with Crippen molar-refractivity contribution >= 4 is 22.7 Å². The quantitative estimate of drug-likeness (QED) is 0.337. The molecule has 0 N–H and O–H groups in total. The SMILES string of the molecule is CCCCOC(=O)C(C)c1c(C(=O)c2ccccc2)oc2ccccc12. The van der Waals surface area contributed by atoms with E-state index in [1.54, 1.807) is 37.3 Å². The van der Waals surface area contributed by atoms with Crippen LogP contribution in [0.1, 0.15) is 54.3 Å². The zero-order chi connectivity index (χ0) is 18.5. The summed E-state index contributed by atoms with van der Waals surface area (Å²) in [5, 5.41) is 0.770. The van der Waals surface area contributed by atoms with Gasteiger partial charge < -0.3 is 9.15 Å². The number of ketones is 1. The van der Waals surface area contributed by atoms with Crippen LogP contribution in [0.5, 0.6) is 0 Å². The molecule has 1 heterocycles. The molecule has 134 valence electrons. The maximum Gasteiger partial charge on any atom is 0.313 e. The summed E-state index contributed by atoms with van der Waals surface area (Å²) in [6.07, 6.45) is 1.77. The van der Waals surface area contributed by atoms with Gasteiger partial charge >= 0.3 is 5.97 Å². The number of hydrogen-bond donors (Lipinski definition) is 0. The van der Waals surface area contributed by atoms with Crippen molar-refractivity contribution in [2.24, 2.45) is 0 Å². The van der Waals surface area contributed by atoms with Crippen molar-refractivity contribution in [2.45, 2.75) is 32.6 Å². The average Bonchev–Trinajstić information content (AvgIpc) is 3.07. The smallest absolute Gasteiger partial charge is 0.313 e. The van der Waals surface area contributed by atoms with E-state index in [1.807, 2.05) is 31.2 Å². The summed E-state index contributed by atoms with van der Waals surface area (Å²) < 4.78 is 11.2. The van der Waals surface area contributed by atoms with Crippen LogP contribution < -0.4 is 0 Å². The lowest BCUT2D eigenvalue weighted by Crippen LogP contribution is -2.16. The van der Waals surface area contributed by atoms with Crippen LogP contribution in [0.25, 0.3) is 11.0 Å². The molecule has 0 aliphatic carbocycles. The molecule has 3 aromatic rings. The van der Waals surface area contributed by atoms with Gasteiger partial charge in [-0.15, -0.1) is 0 Å². The molecule has 3 rings (SSSR count). The minimum atomic E-state index is -0.585. The third kappa shape index (κ3) is 3.54. The molecule has 0 amide bonds. The van der Waals surface area contributed by atoms with Gasteiger partial charge in [0.15, 0.2) is 5.76 Å². The topological polar surface area (TPSA) is 56.5 Å². The van der Waals surface area contributed by atoms with Crippen molar-refractivity contribution in [3.05, 3.63) is 71.5 Å². The van der Waals surface area contributed by atoms with E-state index in [0.29, 0.717) is 23.3 Å². The molecule has 0 saturated heterocycles. The van der Waals surface area contributed by atoms with Crippen molar-refractivity contribution in [1.29, 1.82) is 0 Å². The Morgan fingerprint density at radius 2 is 1.73 bits per heavy atom. The van der Waals surface area contributed by atoms with Crippen LogP contribution in [-0.4, -0.2) is 18.4 Å². The second kappa shape index (κ2) is 8.00. The van der Waals surface area contributed by atoms with E-state index in [4.69, 9.17) is 9.15 Å². The van der Waals surface area contributed by atoms with Crippen LogP contribution in [0.3, 0.4) is 0 Å². The van der Waals surface area contributed by atoms with Gasteiger partial charge in [0.2, 0.25) is 5.78 Å². The summed E-state index contributed by atoms with van der Waals surface area (Å²) in [7, 11) is 0. The van der Waals surface area contributed by atoms with Crippen molar-refractivity contribution in [3.63, 3.8) is 0 Å². The summed E-state index contributed by atoms with van der Waals surface area (Å²) >= 11 is 0. The number of para-hydroxylation sites is 1. The first-order chi connectivity index (χ1) is 12.6. The molecule has 0 aliphatic heterocycles. The molecule has 1 unspecified atom stereocenters. The van der Waals surface area contributed by atoms with Crippen molar-refractivity contribution in [1.82, 2.24) is 0 Å². The van der Waals surface area contributed by atoms with Gasteiger partial charge in [-0.2, -0.15) is 0 Å². The molecule has 0 bridgehead atoms. The van der Waals surface area contributed by atoms with Crippen LogP contribution in [-0.2, 0) is 9.53 Å². The van der Waals surface area contributed by atoms with Gasteiger partial charge in [0.05, 0.1) is 12.5 Å². The Morgan fingerprint density at radius 3 is 2.46 bits per heavy atom. The molecule has 4 heteroatoms. The standard InChI is InChI=1S/C22H22O4/c1-3-4-14-25-22(24)15(2)19-17-12-8-9-13-18(17)26-21(19)20(23)16-10-6-5-7-11-16/h5-13,15H,3-4,14H2,1-2H3. The van der Waals surface area contributed by atoms with Gasteiger partial charge in [-0.3, -0.25) is 9.59 Å². The minimum Gasteiger partial charge on any atom is -0.465 e. The number of benzene rings is 2. The van der Waals surface area contributed by atoms with E-state index in [9.17, 15) is 9.59 Å². The summed E-state index contributed by atoms with van der Waals surface area (Å²) in [4.78, 5) is 25.5. The fourth-order valence-electron chi connectivity index (χ4n) is 2.94. The van der Waals surface area contributed by atoms with E-state index >= 15 is 0 Å². The number of ether oxygens (including phenoxy) is 1. The van der Waals surface area contributed by atoms with Crippen LogP contribution in [0.15, 0.2) is 59.0 Å². The first-order valence-corrected chi connectivity index (χ1v) is 8.91. The fourth-order valence-corrected chi connectivity index (χ4v) is 2.94. The van der Waals surface area contributed by atoms with Crippen LogP contribution in [0.4, 0.5) is 0 Å². The zero-order valence-corrected chi connectivity index (χ0v) is 15.0. The van der Waals surface area contributed by atoms with E-state index in [1.165, 1.54) is 0 Å². The average molecular weight is 350 g/mol. The predicted octanol–water partition coefficient (Wildman–Crippen LogP) is 5.11. The normalized spacial score (nSPS) is 12.1. The molecule has 26 heavy (non-hydrogen) atoms. The first kappa shape index (κ1) is 17.9. The largest absolute Gasteiger partial charge is 0.465 e. The molecule has 2 aromatic carbocycles. The Bertz CT molecular complexity index is 908. The molecule has 0 saturated carbocycles. The first-order valence-electron chi connectivity index (χ1n) is 8.91. The number of rotatable bonds is 7. The second-order valence-corrected chi connectivity index (χ2v) is 6.28. The molecular weight excluding hydrogens is 328 g/mol. The highest BCUT2D eigenvalue weighted by Gasteiger charge is 2.29. The Kier molecular flexibility index (Phi) is 5.52. The van der Waals surface area contributed by atoms with Gasteiger partial charge in [-0.25, -0.2) is 0 Å². The molecule has 4 nitrogen and oxygen atoms in total. The Hall–Kier alpha value is -2.88. The molecule has 1 atom stereocenters. The van der Waals surface area contributed by atoms with Crippen LogP contribution in [0.2, 0.25) is 0 Å². The third-order valence-corrected chi connectivity index (χ3v) is 4.40. The highest BCUT2D eigenvalue weighted by atomic mass is 16.5. The minimum absolute atomic E-state index is 0.206. The molecule has 0 radical (unpaired) electrons. The second-order valence-electron chi connectivity index (χ2n) is 6.28. The highest BCUT2D eigenvalue weighted by Crippen LogP contribution is 2.34. The Morgan fingerprint density at radius 1 is 1.04 bits per heavy atom. The monoisotopic (exact) mass is 350 g/mol. The van der Waals surface area contributed by atoms with Gasteiger partial charge in [0.25, 0.3) is 0 Å². The van der Waals surface area contributed by atoms with E-state index < -0.39 is 5.92 Å². The lowest BCUT2D eigenvalue weighted by atomic mass is 9.94. The summed E-state index contributed by atoms with van der Waals surface area (Å²) in [6.45, 7) is 4.18. The molecule has 1 aromatic heterocycles. The molecule has 0 aliphatic rings. The summed E-state index contributed by atoms with van der Waals surface area (Å²) in [6, 6.07) is 16.3. The number of fused-ring (bicyclic) bond motifs is 1. The molecule has 0 fully saturated rings. The number of carbonyl (C=O) groups is 2.